The Hall–Kier alpha value is -0.560. The first-order valence-corrected chi connectivity index (χ1v) is 9.51. The second-order valence-electron chi connectivity index (χ2n) is 3.60. The number of carbonyl (C=O) groups excluding carboxylic acids is 2. The SMILES string of the molecule is CCOC(=O)[C@H](C)NC(=O)CSP(=O)(OCC)OCC. The van der Waals surface area contributed by atoms with Crippen molar-refractivity contribution in [2.24, 2.45) is 0 Å². The van der Waals surface area contributed by atoms with E-state index in [9.17, 15) is 14.2 Å². The topological polar surface area (TPSA) is 90.9 Å². The van der Waals surface area contributed by atoms with Crippen molar-refractivity contribution in [3.63, 3.8) is 0 Å². The molecule has 0 aromatic carbocycles. The van der Waals surface area contributed by atoms with Gasteiger partial charge in [0.1, 0.15) is 6.04 Å². The molecule has 0 unspecified atom stereocenters. The van der Waals surface area contributed by atoms with Gasteiger partial charge in [0.2, 0.25) is 5.91 Å². The molecule has 0 aliphatic heterocycles. The van der Waals surface area contributed by atoms with Crippen LogP contribution in [-0.2, 0) is 27.9 Å². The lowest BCUT2D eigenvalue weighted by molar-refractivity contribution is -0.146. The fourth-order valence-corrected chi connectivity index (χ4v) is 4.30. The lowest BCUT2D eigenvalue weighted by atomic mass is 10.3. The van der Waals surface area contributed by atoms with E-state index in [1.807, 2.05) is 0 Å². The van der Waals surface area contributed by atoms with E-state index in [1.165, 1.54) is 6.92 Å². The first-order valence-electron chi connectivity index (χ1n) is 6.38. The third-order valence-electron chi connectivity index (χ3n) is 1.95. The van der Waals surface area contributed by atoms with Gasteiger partial charge in [0.25, 0.3) is 0 Å². The molecule has 0 spiro atoms. The predicted molar refractivity (Wildman–Crippen MR) is 77.6 cm³/mol. The lowest BCUT2D eigenvalue weighted by Gasteiger charge is -2.16. The normalized spacial score (nSPS) is 12.8. The molecule has 1 amide bonds. The summed E-state index contributed by atoms with van der Waals surface area (Å²) in [6.45, 7) is 3.97. The average Bonchev–Trinajstić information content (AvgIpc) is 2.37. The van der Waals surface area contributed by atoms with Crippen LogP contribution in [0, 0.1) is 0 Å². The van der Waals surface area contributed by atoms with Gasteiger partial charge in [-0.05, 0) is 39.1 Å². The molecule has 0 rings (SSSR count). The third-order valence-corrected chi connectivity index (χ3v) is 5.77. The third kappa shape index (κ3) is 7.89. The van der Waals surface area contributed by atoms with Crippen molar-refractivity contribution >= 4 is 30.1 Å². The summed E-state index contributed by atoms with van der Waals surface area (Å²) in [5.41, 5.74) is 0. The van der Waals surface area contributed by atoms with Crippen LogP contribution in [-0.4, -0.2) is 43.5 Å². The molecule has 20 heavy (non-hydrogen) atoms. The molecular weight excluding hydrogens is 305 g/mol. The lowest BCUT2D eigenvalue weighted by Crippen LogP contribution is -2.40. The summed E-state index contributed by atoms with van der Waals surface area (Å²) in [6.07, 6.45) is 0. The van der Waals surface area contributed by atoms with Crippen LogP contribution in [0.4, 0.5) is 0 Å². The maximum absolute atomic E-state index is 12.1. The van der Waals surface area contributed by atoms with E-state index in [-0.39, 0.29) is 25.6 Å². The number of rotatable bonds is 10. The maximum atomic E-state index is 12.1. The van der Waals surface area contributed by atoms with Crippen molar-refractivity contribution < 1.29 is 27.9 Å². The number of esters is 1. The smallest absolute Gasteiger partial charge is 0.389 e. The van der Waals surface area contributed by atoms with Crippen LogP contribution in [0.2, 0.25) is 0 Å². The van der Waals surface area contributed by atoms with E-state index in [0.29, 0.717) is 0 Å². The number of amides is 1. The molecule has 1 atom stereocenters. The van der Waals surface area contributed by atoms with Gasteiger partial charge in [0, 0.05) is 0 Å². The Kier molecular flexibility index (Phi) is 9.92. The summed E-state index contributed by atoms with van der Waals surface area (Å²) in [5, 5.41) is 2.45. The summed E-state index contributed by atoms with van der Waals surface area (Å²) in [4.78, 5) is 23.0. The fraction of sp³-hybridized carbons (Fsp3) is 0.818. The van der Waals surface area contributed by atoms with Crippen LogP contribution in [0.5, 0.6) is 0 Å². The molecule has 0 saturated carbocycles. The Balaban J connectivity index is 4.26. The van der Waals surface area contributed by atoms with Crippen LogP contribution >= 0.6 is 18.2 Å². The van der Waals surface area contributed by atoms with Gasteiger partial charge >= 0.3 is 12.8 Å². The number of nitrogens with one attached hydrogen (secondary N) is 1. The van der Waals surface area contributed by atoms with Gasteiger partial charge in [0.15, 0.2) is 0 Å². The van der Waals surface area contributed by atoms with Gasteiger partial charge in [-0.2, -0.15) is 0 Å². The minimum absolute atomic E-state index is 0.124. The molecule has 0 aromatic rings. The molecular formula is C11H22NO6PS. The van der Waals surface area contributed by atoms with Crippen LogP contribution in [0.15, 0.2) is 0 Å². The Morgan fingerprint density at radius 2 is 1.70 bits per heavy atom. The van der Waals surface area contributed by atoms with Crippen molar-refractivity contribution in [1.29, 1.82) is 0 Å². The Bertz CT molecular complexity index is 355. The van der Waals surface area contributed by atoms with Crippen LogP contribution < -0.4 is 5.32 Å². The minimum atomic E-state index is -3.31. The van der Waals surface area contributed by atoms with E-state index in [0.717, 1.165) is 11.4 Å². The molecule has 118 valence electrons. The predicted octanol–water partition coefficient (Wildman–Crippen LogP) is 1.97. The highest BCUT2D eigenvalue weighted by atomic mass is 32.7. The Morgan fingerprint density at radius 1 is 1.15 bits per heavy atom. The molecule has 0 aromatic heterocycles. The molecule has 0 fully saturated rings. The zero-order valence-electron chi connectivity index (χ0n) is 12.2. The van der Waals surface area contributed by atoms with Crippen molar-refractivity contribution in [3.8, 4) is 0 Å². The van der Waals surface area contributed by atoms with Gasteiger partial charge in [-0.15, -0.1) is 0 Å². The monoisotopic (exact) mass is 327 g/mol. The number of carbonyl (C=O) groups is 2. The summed E-state index contributed by atoms with van der Waals surface area (Å²) >= 11 is 0.795. The molecule has 0 saturated heterocycles. The number of ether oxygens (including phenoxy) is 1. The molecule has 0 bridgehead atoms. The summed E-state index contributed by atoms with van der Waals surface area (Å²) in [6, 6.07) is -0.748. The van der Waals surface area contributed by atoms with Gasteiger partial charge in [-0.1, -0.05) is 0 Å². The fourth-order valence-electron chi connectivity index (χ4n) is 1.18. The van der Waals surface area contributed by atoms with Gasteiger partial charge in [0.05, 0.1) is 25.6 Å². The first-order chi connectivity index (χ1) is 9.38. The van der Waals surface area contributed by atoms with Crippen molar-refractivity contribution in [2.45, 2.75) is 33.7 Å². The molecule has 7 nitrogen and oxygen atoms in total. The second kappa shape index (κ2) is 10.2. The molecule has 0 aliphatic carbocycles. The molecule has 9 heteroatoms. The maximum Gasteiger partial charge on any atom is 0.389 e. The van der Waals surface area contributed by atoms with Crippen molar-refractivity contribution in [3.05, 3.63) is 0 Å². The van der Waals surface area contributed by atoms with Crippen molar-refractivity contribution in [2.75, 3.05) is 25.6 Å². The zero-order valence-corrected chi connectivity index (χ0v) is 13.9. The average molecular weight is 327 g/mol. The van der Waals surface area contributed by atoms with Gasteiger partial charge < -0.3 is 19.1 Å². The van der Waals surface area contributed by atoms with Gasteiger partial charge in [-0.25, -0.2) is 9.36 Å². The summed E-state index contributed by atoms with van der Waals surface area (Å²) < 4.78 is 26.9. The van der Waals surface area contributed by atoms with E-state index < -0.39 is 24.7 Å². The zero-order chi connectivity index (χ0) is 15.6. The quantitative estimate of drug-likeness (QED) is 0.484. The standard InChI is InChI=1S/C11H22NO6PS/c1-5-16-11(14)9(4)12-10(13)8-20-19(15,17-6-2)18-7-3/h9H,5-8H2,1-4H3,(H,12,13)/t9-/m0/s1. The highest BCUT2D eigenvalue weighted by molar-refractivity contribution is 8.55. The van der Waals surface area contributed by atoms with Crippen LogP contribution in [0.3, 0.4) is 0 Å². The van der Waals surface area contributed by atoms with Crippen molar-refractivity contribution in [1.82, 2.24) is 5.32 Å². The second-order valence-corrected chi connectivity index (χ2v) is 7.67. The highest BCUT2D eigenvalue weighted by Crippen LogP contribution is 2.60. The van der Waals surface area contributed by atoms with E-state index in [2.05, 4.69) is 5.32 Å². The van der Waals surface area contributed by atoms with E-state index in [4.69, 9.17) is 13.8 Å². The van der Waals surface area contributed by atoms with Crippen LogP contribution in [0.25, 0.3) is 0 Å². The highest BCUT2D eigenvalue weighted by Gasteiger charge is 2.26. The first kappa shape index (κ1) is 19.4. The summed E-state index contributed by atoms with van der Waals surface area (Å²) in [7, 11) is 0. The van der Waals surface area contributed by atoms with Gasteiger partial charge in [-0.3, -0.25) is 4.79 Å². The Labute approximate surface area is 123 Å². The molecule has 0 aliphatic rings. The Morgan fingerprint density at radius 3 is 2.15 bits per heavy atom. The number of hydrogen-bond acceptors (Lipinski definition) is 7. The molecule has 0 radical (unpaired) electrons. The number of hydrogen-bond donors (Lipinski definition) is 1. The van der Waals surface area contributed by atoms with Crippen LogP contribution in [0.1, 0.15) is 27.7 Å². The largest absolute Gasteiger partial charge is 0.464 e. The van der Waals surface area contributed by atoms with E-state index in [1.54, 1.807) is 20.8 Å². The molecule has 0 heterocycles. The molecule has 1 N–H and O–H groups in total. The minimum Gasteiger partial charge on any atom is -0.464 e. The van der Waals surface area contributed by atoms with E-state index >= 15 is 0 Å². The summed E-state index contributed by atoms with van der Waals surface area (Å²) in [5.74, 6) is -1.07.